The molecule has 0 saturated carbocycles. The molecule has 1 aromatic heterocycles. The van der Waals surface area contributed by atoms with Gasteiger partial charge in [0.25, 0.3) is 5.91 Å². The van der Waals surface area contributed by atoms with Crippen molar-refractivity contribution in [2.45, 2.75) is 6.54 Å². The Labute approximate surface area is 190 Å². The largest absolute Gasteiger partial charge is 0.493 e. The number of furan rings is 1. The quantitative estimate of drug-likeness (QED) is 0.295. The fourth-order valence-corrected chi connectivity index (χ4v) is 3.99. The molecule has 162 valence electrons. The van der Waals surface area contributed by atoms with E-state index in [9.17, 15) is 4.79 Å². The molecular formula is C24H21N3O4S. The minimum atomic E-state index is -0.171. The third kappa shape index (κ3) is 4.92. The fourth-order valence-electron chi connectivity index (χ4n) is 3.06. The molecule has 2 aromatic carbocycles. The van der Waals surface area contributed by atoms with Crippen LogP contribution in [0, 0.1) is 0 Å². The molecule has 0 atom stereocenters. The molecule has 0 N–H and O–H groups in total. The van der Waals surface area contributed by atoms with E-state index in [1.165, 1.54) is 11.8 Å². The summed E-state index contributed by atoms with van der Waals surface area (Å²) in [5, 5.41) is 8.97. The Morgan fingerprint density at radius 3 is 2.53 bits per heavy atom. The number of ether oxygens (including phenoxy) is 2. The number of hydrogen-bond acceptors (Lipinski definition) is 7. The van der Waals surface area contributed by atoms with Crippen molar-refractivity contribution in [3.05, 3.63) is 88.7 Å². The van der Waals surface area contributed by atoms with Crippen LogP contribution in [0.15, 0.2) is 86.5 Å². The zero-order valence-electron chi connectivity index (χ0n) is 17.6. The highest BCUT2D eigenvalue weighted by molar-refractivity contribution is 8.18. The van der Waals surface area contributed by atoms with Crippen LogP contribution < -0.4 is 9.47 Å². The third-order valence-corrected chi connectivity index (χ3v) is 5.63. The lowest BCUT2D eigenvalue weighted by molar-refractivity contribution is -0.122. The molecule has 0 radical (unpaired) electrons. The van der Waals surface area contributed by atoms with E-state index in [-0.39, 0.29) is 12.5 Å². The molecule has 0 spiro atoms. The number of carbonyl (C=O) groups is 1. The second kappa shape index (κ2) is 10.0. The highest BCUT2D eigenvalue weighted by Gasteiger charge is 2.34. The first-order valence-corrected chi connectivity index (χ1v) is 10.6. The third-order valence-electron chi connectivity index (χ3n) is 4.64. The second-order valence-corrected chi connectivity index (χ2v) is 7.74. The maximum absolute atomic E-state index is 13.2. The summed E-state index contributed by atoms with van der Waals surface area (Å²) in [5.74, 6) is 1.70. The number of hydrogen-bond donors (Lipinski definition) is 0. The van der Waals surface area contributed by atoms with Crippen molar-refractivity contribution in [1.82, 2.24) is 4.90 Å². The average molecular weight is 448 g/mol. The van der Waals surface area contributed by atoms with Crippen molar-refractivity contribution in [3.63, 3.8) is 0 Å². The molecule has 1 saturated heterocycles. The van der Waals surface area contributed by atoms with Crippen LogP contribution in [0.2, 0.25) is 0 Å². The topological polar surface area (TPSA) is 76.6 Å². The summed E-state index contributed by atoms with van der Waals surface area (Å²) in [6.07, 6.45) is 5.03. The highest BCUT2D eigenvalue weighted by Crippen LogP contribution is 2.35. The lowest BCUT2D eigenvalue weighted by atomic mass is 10.2. The highest BCUT2D eigenvalue weighted by atomic mass is 32.2. The Balaban J connectivity index is 1.63. The molecule has 7 nitrogen and oxygen atoms in total. The summed E-state index contributed by atoms with van der Waals surface area (Å²) in [4.78, 5) is 15.2. The van der Waals surface area contributed by atoms with E-state index in [2.05, 4.69) is 10.2 Å². The molecule has 0 unspecified atom stereocenters. The van der Waals surface area contributed by atoms with Crippen molar-refractivity contribution < 1.29 is 18.7 Å². The van der Waals surface area contributed by atoms with E-state index >= 15 is 0 Å². The van der Waals surface area contributed by atoms with Crippen LogP contribution in [0.5, 0.6) is 11.5 Å². The van der Waals surface area contributed by atoms with Gasteiger partial charge >= 0.3 is 0 Å². The SMILES string of the molecule is COc1ccc(/C=C2\S/C(=N/N=C\c3ccccc3)N(Cc3ccco3)C2=O)cc1OC. The standard InChI is InChI=1S/C24H21N3O4S/c1-29-20-11-10-18(13-21(20)30-2)14-22-23(28)27(16-19-9-6-12-31-19)24(32-22)26-25-15-17-7-4-3-5-8-17/h3-15H,16H2,1-2H3/b22-14-,25-15-,26-24+. The minimum Gasteiger partial charge on any atom is -0.493 e. The van der Waals surface area contributed by atoms with Crippen molar-refractivity contribution in [1.29, 1.82) is 0 Å². The summed E-state index contributed by atoms with van der Waals surface area (Å²) in [7, 11) is 3.16. The molecule has 1 amide bonds. The fraction of sp³-hybridized carbons (Fsp3) is 0.125. The van der Waals surface area contributed by atoms with Crippen LogP contribution in [0.1, 0.15) is 16.9 Å². The van der Waals surface area contributed by atoms with E-state index in [0.29, 0.717) is 27.3 Å². The predicted molar refractivity (Wildman–Crippen MR) is 126 cm³/mol. The molecular weight excluding hydrogens is 426 g/mol. The number of amides is 1. The van der Waals surface area contributed by atoms with E-state index in [0.717, 1.165) is 11.1 Å². The molecule has 1 aliphatic rings. The van der Waals surface area contributed by atoms with Gasteiger partial charge in [0, 0.05) is 0 Å². The van der Waals surface area contributed by atoms with E-state index in [4.69, 9.17) is 13.9 Å². The number of nitrogens with zero attached hydrogens (tertiary/aromatic N) is 3. The van der Waals surface area contributed by atoms with Gasteiger partial charge in [0.05, 0.1) is 38.1 Å². The van der Waals surface area contributed by atoms with Crippen molar-refractivity contribution in [3.8, 4) is 11.5 Å². The van der Waals surface area contributed by atoms with Crippen LogP contribution in [0.25, 0.3) is 6.08 Å². The van der Waals surface area contributed by atoms with Gasteiger partial charge in [-0.3, -0.25) is 9.69 Å². The summed E-state index contributed by atoms with van der Waals surface area (Å²) >= 11 is 1.26. The van der Waals surface area contributed by atoms with Gasteiger partial charge in [-0.05, 0) is 53.2 Å². The van der Waals surface area contributed by atoms with Crippen LogP contribution >= 0.6 is 11.8 Å². The minimum absolute atomic E-state index is 0.171. The van der Waals surface area contributed by atoms with Crippen molar-refractivity contribution in [2.24, 2.45) is 10.2 Å². The van der Waals surface area contributed by atoms with Crippen LogP contribution in [-0.4, -0.2) is 36.4 Å². The van der Waals surface area contributed by atoms with E-state index in [1.54, 1.807) is 49.8 Å². The Hall–Kier alpha value is -3.78. The van der Waals surface area contributed by atoms with Gasteiger partial charge in [-0.1, -0.05) is 36.4 Å². The smallest absolute Gasteiger partial charge is 0.267 e. The predicted octanol–water partition coefficient (Wildman–Crippen LogP) is 4.80. The summed E-state index contributed by atoms with van der Waals surface area (Å²) in [6, 6.07) is 18.7. The van der Waals surface area contributed by atoms with Crippen LogP contribution in [-0.2, 0) is 11.3 Å². The summed E-state index contributed by atoms with van der Waals surface area (Å²) in [6.45, 7) is 0.266. The molecule has 2 heterocycles. The number of methoxy groups -OCH3 is 2. The Kier molecular flexibility index (Phi) is 6.72. The molecule has 32 heavy (non-hydrogen) atoms. The number of rotatable bonds is 7. The van der Waals surface area contributed by atoms with Gasteiger partial charge in [-0.2, -0.15) is 5.10 Å². The maximum atomic E-state index is 13.2. The van der Waals surface area contributed by atoms with Gasteiger partial charge in [-0.15, -0.1) is 5.10 Å². The first-order chi connectivity index (χ1) is 15.7. The molecule has 8 heteroatoms. The van der Waals surface area contributed by atoms with Gasteiger partial charge in [0.15, 0.2) is 16.7 Å². The van der Waals surface area contributed by atoms with E-state index < -0.39 is 0 Å². The lowest BCUT2D eigenvalue weighted by Crippen LogP contribution is -2.28. The number of carbonyl (C=O) groups excluding carboxylic acids is 1. The van der Waals surface area contributed by atoms with Gasteiger partial charge in [0.2, 0.25) is 0 Å². The zero-order valence-corrected chi connectivity index (χ0v) is 18.4. The monoisotopic (exact) mass is 447 g/mol. The Morgan fingerprint density at radius 1 is 1.00 bits per heavy atom. The van der Waals surface area contributed by atoms with Gasteiger partial charge in [-0.25, -0.2) is 0 Å². The van der Waals surface area contributed by atoms with Crippen molar-refractivity contribution >= 4 is 35.1 Å². The number of benzene rings is 2. The summed E-state index contributed by atoms with van der Waals surface area (Å²) < 4.78 is 16.1. The Bertz CT molecular complexity index is 1170. The second-order valence-electron chi connectivity index (χ2n) is 6.73. The summed E-state index contributed by atoms with van der Waals surface area (Å²) in [5.41, 5.74) is 1.73. The first-order valence-electron chi connectivity index (χ1n) is 9.80. The van der Waals surface area contributed by atoms with Gasteiger partial charge in [0.1, 0.15) is 5.76 Å². The lowest BCUT2D eigenvalue weighted by Gasteiger charge is -2.12. The molecule has 4 rings (SSSR count). The molecule has 1 aliphatic heterocycles. The zero-order chi connectivity index (χ0) is 22.3. The van der Waals surface area contributed by atoms with Crippen LogP contribution in [0.4, 0.5) is 0 Å². The molecule has 0 bridgehead atoms. The normalized spacial score (nSPS) is 16.4. The van der Waals surface area contributed by atoms with Crippen LogP contribution in [0.3, 0.4) is 0 Å². The molecule has 3 aromatic rings. The van der Waals surface area contributed by atoms with Gasteiger partial charge < -0.3 is 13.9 Å². The maximum Gasteiger partial charge on any atom is 0.267 e. The number of thioether (sulfide) groups is 1. The first kappa shape index (κ1) is 21.5. The molecule has 1 fully saturated rings. The van der Waals surface area contributed by atoms with Crippen molar-refractivity contribution in [2.75, 3.05) is 14.2 Å². The number of amidine groups is 1. The Morgan fingerprint density at radius 2 is 1.81 bits per heavy atom. The molecule has 0 aliphatic carbocycles. The average Bonchev–Trinajstić information content (AvgIpc) is 3.44. The van der Waals surface area contributed by atoms with E-state index in [1.807, 2.05) is 48.5 Å².